The Hall–Kier alpha value is -1.14. The molecule has 2 N–H and O–H groups in total. The lowest BCUT2D eigenvalue weighted by atomic mass is 10.2. The zero-order valence-corrected chi connectivity index (χ0v) is 13.0. The molecule has 1 rings (SSSR count). The van der Waals surface area contributed by atoms with Crippen LogP contribution in [0.1, 0.15) is 43.1 Å². The zero-order valence-electron chi connectivity index (χ0n) is 12.2. The first-order valence-electron chi connectivity index (χ1n) is 6.53. The molecule has 0 bridgehead atoms. The number of hydrogen-bond donors (Lipinski definition) is 2. The van der Waals surface area contributed by atoms with E-state index in [0.717, 1.165) is 13.1 Å². The van der Waals surface area contributed by atoms with E-state index in [-0.39, 0.29) is 0 Å². The van der Waals surface area contributed by atoms with Crippen LogP contribution in [0.5, 0.6) is 0 Å². The molecule has 6 heteroatoms. The van der Waals surface area contributed by atoms with Crippen LogP contribution in [-0.4, -0.2) is 46.1 Å². The molecule has 0 saturated carbocycles. The highest BCUT2D eigenvalue weighted by molar-refractivity contribution is 7.17. The average molecular weight is 285 g/mol. The van der Waals surface area contributed by atoms with E-state index in [1.165, 1.54) is 11.3 Å². The van der Waals surface area contributed by atoms with Gasteiger partial charge in [0.05, 0.1) is 5.69 Å². The Morgan fingerprint density at radius 1 is 1.37 bits per heavy atom. The molecule has 0 saturated heterocycles. The van der Waals surface area contributed by atoms with E-state index in [1.807, 2.05) is 0 Å². The summed E-state index contributed by atoms with van der Waals surface area (Å²) in [5, 5.41) is 12.9. The van der Waals surface area contributed by atoms with Gasteiger partial charge in [0.25, 0.3) is 0 Å². The molecular formula is C13H23N3O2S. The summed E-state index contributed by atoms with van der Waals surface area (Å²) in [6.07, 6.45) is 0. The van der Waals surface area contributed by atoms with Crippen molar-refractivity contribution in [1.82, 2.24) is 9.88 Å². The highest BCUT2D eigenvalue weighted by atomic mass is 32.1. The number of anilines is 1. The number of aryl methyl sites for hydroxylation is 1. The summed E-state index contributed by atoms with van der Waals surface area (Å²) in [7, 11) is 0. The number of aromatic carboxylic acids is 1. The van der Waals surface area contributed by atoms with Crippen molar-refractivity contribution in [1.29, 1.82) is 0 Å². The minimum absolute atomic E-state index is 0.312. The lowest BCUT2D eigenvalue weighted by Crippen LogP contribution is -2.40. The van der Waals surface area contributed by atoms with E-state index in [0.29, 0.717) is 27.8 Å². The van der Waals surface area contributed by atoms with Gasteiger partial charge in [-0.05, 0) is 34.6 Å². The van der Waals surface area contributed by atoms with Crippen LogP contribution < -0.4 is 5.32 Å². The molecule has 0 radical (unpaired) electrons. The first-order chi connectivity index (χ1) is 8.82. The number of rotatable bonds is 7. The van der Waals surface area contributed by atoms with Crippen molar-refractivity contribution in [2.45, 2.75) is 46.7 Å². The molecule has 0 spiro atoms. The number of carboxylic acid groups (broad SMARTS) is 1. The Labute approximate surface area is 118 Å². The summed E-state index contributed by atoms with van der Waals surface area (Å²) in [5.74, 6) is -0.908. The second kappa shape index (κ2) is 6.86. The molecule has 0 atom stereocenters. The summed E-state index contributed by atoms with van der Waals surface area (Å²) >= 11 is 1.20. The van der Waals surface area contributed by atoms with E-state index in [2.05, 4.69) is 42.9 Å². The zero-order chi connectivity index (χ0) is 14.6. The summed E-state index contributed by atoms with van der Waals surface area (Å²) in [4.78, 5) is 17.8. The molecule has 108 valence electrons. The van der Waals surface area contributed by atoms with Crippen molar-refractivity contribution < 1.29 is 9.90 Å². The smallest absolute Gasteiger partial charge is 0.347 e. The van der Waals surface area contributed by atoms with Gasteiger partial charge in [0.2, 0.25) is 0 Å². The fourth-order valence-corrected chi connectivity index (χ4v) is 2.91. The van der Waals surface area contributed by atoms with Gasteiger partial charge >= 0.3 is 5.97 Å². The fraction of sp³-hybridized carbons (Fsp3) is 0.692. The van der Waals surface area contributed by atoms with Crippen LogP contribution in [0, 0.1) is 6.92 Å². The summed E-state index contributed by atoms with van der Waals surface area (Å²) in [6, 6.07) is 0.990. The number of thiazole rings is 1. The molecule has 1 heterocycles. The van der Waals surface area contributed by atoms with Crippen molar-refractivity contribution in [3.05, 3.63) is 10.6 Å². The maximum Gasteiger partial charge on any atom is 0.347 e. The Balaban J connectivity index is 2.53. The Bertz CT molecular complexity index is 422. The summed E-state index contributed by atoms with van der Waals surface area (Å²) in [6.45, 7) is 12.1. The average Bonchev–Trinajstić information content (AvgIpc) is 2.65. The van der Waals surface area contributed by atoms with Crippen molar-refractivity contribution in [3.63, 3.8) is 0 Å². The van der Waals surface area contributed by atoms with Crippen LogP contribution in [0.4, 0.5) is 5.13 Å². The number of nitrogens with one attached hydrogen (secondary N) is 1. The number of hydrogen-bond acceptors (Lipinski definition) is 5. The molecule has 0 aromatic carbocycles. The van der Waals surface area contributed by atoms with Crippen molar-refractivity contribution in [3.8, 4) is 0 Å². The predicted octanol–water partition coefficient (Wildman–Crippen LogP) is 2.68. The minimum atomic E-state index is -0.908. The molecule has 19 heavy (non-hydrogen) atoms. The van der Waals surface area contributed by atoms with Gasteiger partial charge in [-0.25, -0.2) is 9.78 Å². The van der Waals surface area contributed by atoms with Crippen LogP contribution >= 0.6 is 11.3 Å². The molecule has 0 aliphatic rings. The standard InChI is InChI=1S/C13H23N3O2S/c1-8(2)16(9(3)4)7-6-14-13-15-10(5)11(19-13)12(17)18/h8-9H,6-7H2,1-5H3,(H,14,15)(H,17,18). The lowest BCUT2D eigenvalue weighted by molar-refractivity contribution is 0.0701. The van der Waals surface area contributed by atoms with Crippen LogP contribution in [0.25, 0.3) is 0 Å². The second-order valence-electron chi connectivity index (χ2n) is 5.09. The quantitative estimate of drug-likeness (QED) is 0.806. The van der Waals surface area contributed by atoms with Gasteiger partial charge in [-0.2, -0.15) is 0 Å². The van der Waals surface area contributed by atoms with Gasteiger partial charge in [0, 0.05) is 25.2 Å². The van der Waals surface area contributed by atoms with Gasteiger partial charge in [-0.3, -0.25) is 4.90 Å². The Kier molecular flexibility index (Phi) is 5.75. The van der Waals surface area contributed by atoms with E-state index < -0.39 is 5.97 Å². The molecule has 0 aliphatic carbocycles. The molecule has 5 nitrogen and oxygen atoms in total. The molecule has 0 fully saturated rings. The Morgan fingerprint density at radius 2 is 1.95 bits per heavy atom. The monoisotopic (exact) mass is 285 g/mol. The SMILES string of the molecule is Cc1nc(NCCN(C(C)C)C(C)C)sc1C(=O)O. The predicted molar refractivity (Wildman–Crippen MR) is 79.3 cm³/mol. The van der Waals surface area contributed by atoms with Crippen LogP contribution in [-0.2, 0) is 0 Å². The maximum atomic E-state index is 10.9. The number of carboxylic acids is 1. The van der Waals surface area contributed by atoms with Gasteiger partial charge < -0.3 is 10.4 Å². The van der Waals surface area contributed by atoms with E-state index >= 15 is 0 Å². The molecule has 0 aliphatic heterocycles. The molecule has 0 amide bonds. The molecule has 0 unspecified atom stereocenters. The number of aromatic nitrogens is 1. The van der Waals surface area contributed by atoms with Crippen LogP contribution in [0.15, 0.2) is 0 Å². The molecule has 1 aromatic heterocycles. The van der Waals surface area contributed by atoms with Gasteiger partial charge in [-0.1, -0.05) is 11.3 Å². The largest absolute Gasteiger partial charge is 0.477 e. The van der Waals surface area contributed by atoms with Crippen LogP contribution in [0.2, 0.25) is 0 Å². The second-order valence-corrected chi connectivity index (χ2v) is 6.09. The third kappa shape index (κ3) is 4.47. The summed E-state index contributed by atoms with van der Waals surface area (Å²) in [5.41, 5.74) is 0.574. The Morgan fingerprint density at radius 3 is 2.37 bits per heavy atom. The van der Waals surface area contributed by atoms with E-state index in [4.69, 9.17) is 5.11 Å². The third-order valence-corrected chi connectivity index (χ3v) is 4.07. The highest BCUT2D eigenvalue weighted by Crippen LogP contribution is 2.22. The number of nitrogens with zero attached hydrogens (tertiary/aromatic N) is 2. The van der Waals surface area contributed by atoms with Crippen molar-refractivity contribution in [2.24, 2.45) is 0 Å². The summed E-state index contributed by atoms with van der Waals surface area (Å²) < 4.78 is 0. The lowest BCUT2D eigenvalue weighted by Gasteiger charge is -2.30. The van der Waals surface area contributed by atoms with Crippen molar-refractivity contribution in [2.75, 3.05) is 18.4 Å². The first kappa shape index (κ1) is 15.9. The van der Waals surface area contributed by atoms with Gasteiger partial charge in [0.1, 0.15) is 4.88 Å². The van der Waals surface area contributed by atoms with E-state index in [1.54, 1.807) is 6.92 Å². The maximum absolute atomic E-state index is 10.9. The van der Waals surface area contributed by atoms with Crippen molar-refractivity contribution >= 4 is 22.4 Å². The molecular weight excluding hydrogens is 262 g/mol. The normalized spacial score (nSPS) is 11.6. The fourth-order valence-electron chi connectivity index (χ4n) is 2.08. The third-order valence-electron chi connectivity index (χ3n) is 2.96. The first-order valence-corrected chi connectivity index (χ1v) is 7.35. The van der Waals surface area contributed by atoms with E-state index in [9.17, 15) is 4.79 Å². The molecule has 1 aromatic rings. The van der Waals surface area contributed by atoms with Crippen LogP contribution in [0.3, 0.4) is 0 Å². The van der Waals surface area contributed by atoms with Gasteiger partial charge in [0.15, 0.2) is 5.13 Å². The number of carbonyl (C=O) groups is 1. The minimum Gasteiger partial charge on any atom is -0.477 e. The highest BCUT2D eigenvalue weighted by Gasteiger charge is 2.15. The topological polar surface area (TPSA) is 65.5 Å². The van der Waals surface area contributed by atoms with Gasteiger partial charge in [-0.15, -0.1) is 0 Å².